The first kappa shape index (κ1) is 21.9. The molecular formula is C20H29N3O5S. The molecule has 9 heteroatoms. The maximum absolute atomic E-state index is 12.4. The van der Waals surface area contributed by atoms with E-state index in [1.54, 1.807) is 27.1 Å². The topological polar surface area (TPSA) is 101 Å². The minimum atomic E-state index is -1.10. The zero-order valence-electron chi connectivity index (χ0n) is 17.4. The molecule has 0 unspecified atom stereocenters. The second kappa shape index (κ2) is 8.12. The Morgan fingerprint density at radius 1 is 1.34 bits per heavy atom. The number of rotatable bonds is 6. The van der Waals surface area contributed by atoms with E-state index in [9.17, 15) is 24.6 Å². The van der Waals surface area contributed by atoms with Gasteiger partial charge in [-0.25, -0.2) is 4.79 Å². The number of amides is 2. The van der Waals surface area contributed by atoms with E-state index in [1.165, 1.54) is 21.6 Å². The summed E-state index contributed by atoms with van der Waals surface area (Å²) < 4.78 is 0. The molecule has 0 aliphatic carbocycles. The summed E-state index contributed by atoms with van der Waals surface area (Å²) in [5.41, 5.74) is 0.0684. The minimum absolute atomic E-state index is 0.0677. The standard InChI is InChI=1S/C20H29N3O5S/c1-10-16-15(11(2)24)19(26)23(16)17(20(27)28)18(10)29-13-8-12(22(5)9-13)6-7-14(25)21(3)4/h6-7,10-13,15-16,24H,8-9H2,1-5H3,(H,27,28)/b7-6+/t10-,11-,12-,13+,15-,16-/m1/s1. The van der Waals surface area contributed by atoms with E-state index in [0.717, 1.165) is 13.0 Å². The molecule has 3 rings (SSSR count). The van der Waals surface area contributed by atoms with Crippen molar-refractivity contribution in [1.29, 1.82) is 0 Å². The van der Waals surface area contributed by atoms with Gasteiger partial charge in [0.2, 0.25) is 11.8 Å². The van der Waals surface area contributed by atoms with Gasteiger partial charge in [0.25, 0.3) is 0 Å². The maximum Gasteiger partial charge on any atom is 0.353 e. The Balaban J connectivity index is 1.75. The fourth-order valence-corrected chi connectivity index (χ4v) is 6.11. The monoisotopic (exact) mass is 423 g/mol. The van der Waals surface area contributed by atoms with Crippen LogP contribution in [0.1, 0.15) is 20.3 Å². The van der Waals surface area contributed by atoms with Crippen molar-refractivity contribution in [1.82, 2.24) is 14.7 Å². The predicted molar refractivity (Wildman–Crippen MR) is 110 cm³/mol. The molecule has 8 nitrogen and oxygen atoms in total. The van der Waals surface area contributed by atoms with Crippen molar-refractivity contribution in [3.05, 3.63) is 22.8 Å². The fraction of sp³-hybridized carbons (Fsp3) is 0.650. The number of carbonyl (C=O) groups is 3. The first-order valence-electron chi connectivity index (χ1n) is 9.79. The van der Waals surface area contributed by atoms with E-state index >= 15 is 0 Å². The highest BCUT2D eigenvalue weighted by Crippen LogP contribution is 2.52. The summed E-state index contributed by atoms with van der Waals surface area (Å²) in [4.78, 5) is 41.9. The molecule has 3 aliphatic heterocycles. The van der Waals surface area contributed by atoms with E-state index in [4.69, 9.17) is 0 Å². The SMILES string of the molecule is C[C@@H](O)[C@H]1C(=O)N2C(C(=O)O)=C(S[C@H]3C[C@@H](/C=C/C(=O)N(C)C)N(C)C3)[C@H](C)[C@H]12. The van der Waals surface area contributed by atoms with E-state index in [-0.39, 0.29) is 40.8 Å². The van der Waals surface area contributed by atoms with Crippen molar-refractivity contribution in [2.24, 2.45) is 11.8 Å². The van der Waals surface area contributed by atoms with Gasteiger partial charge in [0.15, 0.2) is 0 Å². The van der Waals surface area contributed by atoms with Crippen molar-refractivity contribution in [3.63, 3.8) is 0 Å². The van der Waals surface area contributed by atoms with Gasteiger partial charge in [-0.1, -0.05) is 13.0 Å². The van der Waals surface area contributed by atoms with Crippen LogP contribution in [-0.2, 0) is 14.4 Å². The summed E-state index contributed by atoms with van der Waals surface area (Å²) in [5, 5.41) is 19.9. The van der Waals surface area contributed by atoms with Crippen LogP contribution in [0.3, 0.4) is 0 Å². The highest BCUT2D eigenvalue weighted by molar-refractivity contribution is 8.03. The number of aliphatic carboxylic acids is 1. The molecule has 0 spiro atoms. The van der Waals surface area contributed by atoms with Gasteiger partial charge < -0.3 is 20.0 Å². The minimum Gasteiger partial charge on any atom is -0.477 e. The highest BCUT2D eigenvalue weighted by atomic mass is 32.2. The molecule has 3 heterocycles. The third-order valence-electron chi connectivity index (χ3n) is 6.07. The number of hydrogen-bond donors (Lipinski definition) is 2. The van der Waals surface area contributed by atoms with Gasteiger partial charge in [-0.2, -0.15) is 0 Å². The van der Waals surface area contributed by atoms with Crippen LogP contribution in [0.4, 0.5) is 0 Å². The second-order valence-electron chi connectivity index (χ2n) is 8.35. The number of aliphatic hydroxyl groups is 1. The van der Waals surface area contributed by atoms with Crippen LogP contribution < -0.4 is 0 Å². The molecule has 0 saturated carbocycles. The van der Waals surface area contributed by atoms with Crippen LogP contribution in [0.25, 0.3) is 0 Å². The third-order valence-corrected chi connectivity index (χ3v) is 7.56. The van der Waals surface area contributed by atoms with Crippen LogP contribution in [0.5, 0.6) is 0 Å². The number of fused-ring (bicyclic) bond motifs is 1. The Labute approximate surface area is 175 Å². The van der Waals surface area contributed by atoms with Gasteiger partial charge in [0.05, 0.1) is 18.1 Å². The molecule has 2 N–H and O–H groups in total. The lowest BCUT2D eigenvalue weighted by Gasteiger charge is -2.46. The number of carboxylic acid groups (broad SMARTS) is 1. The number of carboxylic acids is 1. The van der Waals surface area contributed by atoms with Gasteiger partial charge >= 0.3 is 5.97 Å². The number of likely N-dealkylation sites (tertiary alicyclic amines) is 1. The summed E-state index contributed by atoms with van der Waals surface area (Å²) in [6, 6.07) is -0.186. The molecule has 0 aromatic rings. The van der Waals surface area contributed by atoms with E-state index in [2.05, 4.69) is 4.90 Å². The normalized spacial score (nSPS) is 33.2. The van der Waals surface area contributed by atoms with Crippen LogP contribution in [0.2, 0.25) is 0 Å². The first-order chi connectivity index (χ1) is 13.5. The summed E-state index contributed by atoms with van der Waals surface area (Å²) >= 11 is 1.52. The number of carbonyl (C=O) groups excluding carboxylic acids is 2. The number of thioether (sulfide) groups is 1. The molecule has 0 aromatic carbocycles. The summed E-state index contributed by atoms with van der Waals surface area (Å²) in [5.74, 6) is -2.15. The molecule has 2 amide bonds. The van der Waals surface area contributed by atoms with Crippen LogP contribution in [-0.4, -0.2) is 93.8 Å². The lowest BCUT2D eigenvalue weighted by Crippen LogP contribution is -2.63. The number of nitrogens with zero attached hydrogens (tertiary/aromatic N) is 3. The summed E-state index contributed by atoms with van der Waals surface area (Å²) in [6.07, 6.45) is 3.46. The van der Waals surface area contributed by atoms with Crippen LogP contribution >= 0.6 is 11.8 Å². The predicted octanol–water partition coefficient (Wildman–Crippen LogP) is 0.590. The third kappa shape index (κ3) is 3.83. The van der Waals surface area contributed by atoms with Crippen molar-refractivity contribution in [3.8, 4) is 0 Å². The molecule has 160 valence electrons. The van der Waals surface area contributed by atoms with Crippen LogP contribution in [0, 0.1) is 11.8 Å². The van der Waals surface area contributed by atoms with Crippen molar-refractivity contribution in [2.75, 3.05) is 27.7 Å². The second-order valence-corrected chi connectivity index (χ2v) is 9.69. The van der Waals surface area contributed by atoms with Crippen LogP contribution in [0.15, 0.2) is 22.8 Å². The summed E-state index contributed by atoms with van der Waals surface area (Å²) in [7, 11) is 5.40. The maximum atomic E-state index is 12.4. The van der Waals surface area contributed by atoms with Gasteiger partial charge in [0.1, 0.15) is 5.70 Å². The molecule has 0 radical (unpaired) electrons. The number of likely N-dealkylation sites (N-methyl/N-ethyl adjacent to an activating group) is 2. The number of aliphatic hydroxyl groups excluding tert-OH is 1. The number of hydrogen-bond acceptors (Lipinski definition) is 6. The Morgan fingerprint density at radius 3 is 2.55 bits per heavy atom. The number of β-lactam (4-membered cyclic amide) rings is 1. The average molecular weight is 424 g/mol. The van der Waals surface area contributed by atoms with Gasteiger partial charge in [-0.05, 0) is 20.4 Å². The lowest BCUT2D eigenvalue weighted by molar-refractivity contribution is -0.163. The van der Waals surface area contributed by atoms with Gasteiger partial charge in [-0.15, -0.1) is 11.8 Å². The molecule has 0 aromatic heterocycles. The Morgan fingerprint density at radius 2 is 2.00 bits per heavy atom. The summed E-state index contributed by atoms with van der Waals surface area (Å²) in [6.45, 7) is 4.27. The molecule has 6 atom stereocenters. The quantitative estimate of drug-likeness (QED) is 0.476. The van der Waals surface area contributed by atoms with Gasteiger partial charge in [-0.3, -0.25) is 14.5 Å². The lowest BCUT2D eigenvalue weighted by atomic mass is 9.79. The largest absolute Gasteiger partial charge is 0.477 e. The molecule has 2 saturated heterocycles. The average Bonchev–Trinajstić information content (AvgIpc) is 3.08. The zero-order chi connectivity index (χ0) is 21.6. The fourth-order valence-electron chi connectivity index (χ4n) is 4.49. The zero-order valence-corrected chi connectivity index (χ0v) is 18.2. The Hall–Kier alpha value is -1.84. The highest BCUT2D eigenvalue weighted by Gasteiger charge is 2.60. The van der Waals surface area contributed by atoms with Crippen molar-refractivity contribution < 1.29 is 24.6 Å². The van der Waals surface area contributed by atoms with E-state index in [1.807, 2.05) is 20.0 Å². The Kier molecular flexibility index (Phi) is 6.12. The molecule has 2 fully saturated rings. The van der Waals surface area contributed by atoms with Crippen molar-refractivity contribution in [2.45, 2.75) is 43.7 Å². The molecule has 0 bridgehead atoms. The Bertz CT molecular complexity index is 778. The van der Waals surface area contributed by atoms with Crippen molar-refractivity contribution >= 4 is 29.5 Å². The van der Waals surface area contributed by atoms with Gasteiger partial charge in [0, 0.05) is 48.8 Å². The first-order valence-corrected chi connectivity index (χ1v) is 10.7. The van der Waals surface area contributed by atoms with E-state index in [0.29, 0.717) is 4.91 Å². The van der Waals surface area contributed by atoms with E-state index < -0.39 is 18.0 Å². The molecular weight excluding hydrogens is 394 g/mol. The molecule has 3 aliphatic rings. The smallest absolute Gasteiger partial charge is 0.353 e. The molecule has 29 heavy (non-hydrogen) atoms.